The molecule has 1 amide bonds. The topological polar surface area (TPSA) is 92.7 Å². The number of carbonyl (C=O) groups is 3. The van der Waals surface area contributed by atoms with Crippen LogP contribution in [-0.4, -0.2) is 35.6 Å². The first-order valence-corrected chi connectivity index (χ1v) is 16.5. The molecule has 1 unspecified atom stereocenters. The van der Waals surface area contributed by atoms with Gasteiger partial charge < -0.3 is 15.2 Å². The van der Waals surface area contributed by atoms with E-state index in [0.29, 0.717) is 12.8 Å². The lowest BCUT2D eigenvalue weighted by Gasteiger charge is -2.18. The minimum Gasteiger partial charge on any atom is -0.480 e. The highest BCUT2D eigenvalue weighted by atomic mass is 16.5. The van der Waals surface area contributed by atoms with E-state index in [4.69, 9.17) is 9.84 Å². The van der Waals surface area contributed by atoms with Gasteiger partial charge in [-0.25, -0.2) is 0 Å². The first-order chi connectivity index (χ1) is 19.5. The molecule has 0 rings (SSSR count). The summed E-state index contributed by atoms with van der Waals surface area (Å²) >= 11 is 0. The Morgan fingerprint density at radius 1 is 0.650 bits per heavy atom. The Hall–Kier alpha value is -2.11. The molecule has 0 aliphatic carbocycles. The summed E-state index contributed by atoms with van der Waals surface area (Å²) in [5.74, 6) is -1.29. The summed E-state index contributed by atoms with van der Waals surface area (Å²) in [7, 11) is 0. The Kier molecular flexibility index (Phi) is 28.3. The molecule has 232 valence electrons. The molecule has 0 aliphatic rings. The fourth-order valence-electron chi connectivity index (χ4n) is 4.65. The summed E-state index contributed by atoms with van der Waals surface area (Å²) in [4.78, 5) is 34.6. The van der Waals surface area contributed by atoms with Gasteiger partial charge in [0.25, 0.3) is 0 Å². The van der Waals surface area contributed by atoms with Crippen LogP contribution in [0.3, 0.4) is 0 Å². The van der Waals surface area contributed by atoms with Gasteiger partial charge in [0, 0.05) is 12.8 Å². The lowest BCUT2D eigenvalue weighted by molar-refractivity contribution is -0.150. The van der Waals surface area contributed by atoms with Crippen molar-refractivity contribution in [2.75, 3.05) is 6.54 Å². The Morgan fingerprint density at radius 3 is 1.80 bits per heavy atom. The van der Waals surface area contributed by atoms with Gasteiger partial charge in [0.05, 0.1) is 0 Å². The van der Waals surface area contributed by atoms with Crippen molar-refractivity contribution in [3.05, 3.63) is 24.3 Å². The number of carbonyl (C=O) groups excluding carboxylic acids is 2. The van der Waals surface area contributed by atoms with Gasteiger partial charge in [-0.3, -0.25) is 14.4 Å². The summed E-state index contributed by atoms with van der Waals surface area (Å²) in [5, 5.41) is 11.0. The highest BCUT2D eigenvalue weighted by Crippen LogP contribution is 2.18. The van der Waals surface area contributed by atoms with Crippen LogP contribution in [0, 0.1) is 0 Å². The van der Waals surface area contributed by atoms with Crippen molar-refractivity contribution in [2.24, 2.45) is 0 Å². The predicted octanol–water partition coefficient (Wildman–Crippen LogP) is 9.22. The van der Waals surface area contributed by atoms with Crippen LogP contribution in [0.5, 0.6) is 0 Å². The van der Waals surface area contributed by atoms with E-state index >= 15 is 0 Å². The monoisotopic (exact) mass is 563 g/mol. The van der Waals surface area contributed by atoms with Crippen molar-refractivity contribution in [2.45, 2.75) is 168 Å². The maximum absolute atomic E-state index is 12.5. The molecule has 6 nitrogen and oxygen atoms in total. The molecule has 0 aliphatic heterocycles. The van der Waals surface area contributed by atoms with Crippen molar-refractivity contribution >= 4 is 17.8 Å². The molecule has 0 aromatic heterocycles. The van der Waals surface area contributed by atoms with Crippen molar-refractivity contribution in [3.63, 3.8) is 0 Å². The van der Waals surface area contributed by atoms with Gasteiger partial charge in [-0.15, -0.1) is 0 Å². The minimum absolute atomic E-state index is 0.00117. The number of hydrogen-bond donors (Lipinski definition) is 2. The van der Waals surface area contributed by atoms with Crippen LogP contribution in [0.25, 0.3) is 0 Å². The largest absolute Gasteiger partial charge is 0.480 e. The van der Waals surface area contributed by atoms with Crippen LogP contribution < -0.4 is 5.32 Å². The Balaban J connectivity index is 4.02. The summed E-state index contributed by atoms with van der Waals surface area (Å²) in [6, 6.07) is 0. The molecule has 0 spiro atoms. The molecule has 40 heavy (non-hydrogen) atoms. The smallest absolute Gasteiger partial charge is 0.322 e. The molecule has 0 fully saturated rings. The van der Waals surface area contributed by atoms with Gasteiger partial charge in [-0.05, 0) is 64.2 Å². The van der Waals surface area contributed by atoms with Gasteiger partial charge >= 0.3 is 11.9 Å². The maximum Gasteiger partial charge on any atom is 0.322 e. The molecule has 0 saturated heterocycles. The number of hydrogen-bond acceptors (Lipinski definition) is 4. The zero-order chi connectivity index (χ0) is 29.5. The van der Waals surface area contributed by atoms with Crippen molar-refractivity contribution in [3.8, 4) is 0 Å². The molecule has 0 aromatic rings. The van der Waals surface area contributed by atoms with Gasteiger partial charge in [-0.2, -0.15) is 0 Å². The number of allylic oxidation sites excluding steroid dienone is 4. The summed E-state index contributed by atoms with van der Waals surface area (Å²) in [6.07, 6.45) is 33.0. The molecule has 0 radical (unpaired) electrons. The second-order valence-corrected chi connectivity index (χ2v) is 11.1. The van der Waals surface area contributed by atoms with Crippen molar-refractivity contribution in [1.82, 2.24) is 5.32 Å². The quantitative estimate of drug-likeness (QED) is 0.0537. The van der Waals surface area contributed by atoms with Crippen LogP contribution in [0.1, 0.15) is 162 Å². The second-order valence-electron chi connectivity index (χ2n) is 11.1. The molecule has 0 saturated carbocycles. The molecule has 1 atom stereocenters. The standard InChI is InChI=1S/C34H61NO5/c1-3-5-7-9-10-11-12-13-14-15-16-17-19-25-29-34(39)40-31(26-22-18-8-6-4-2)27-23-20-21-24-28-32(36)35-30-33(37)38/h9-10,12-13,31H,3-8,11,14-30H2,1-2H3,(H,35,36)(H,37,38)/b10-9-,13-12-. The van der Waals surface area contributed by atoms with Gasteiger partial charge in [0.15, 0.2) is 0 Å². The number of carboxylic acid groups (broad SMARTS) is 1. The summed E-state index contributed by atoms with van der Waals surface area (Å²) in [5.41, 5.74) is 0. The van der Waals surface area contributed by atoms with E-state index < -0.39 is 5.97 Å². The predicted molar refractivity (Wildman–Crippen MR) is 166 cm³/mol. The first-order valence-electron chi connectivity index (χ1n) is 16.5. The van der Waals surface area contributed by atoms with E-state index in [2.05, 4.69) is 43.5 Å². The molecule has 6 heteroatoms. The maximum atomic E-state index is 12.5. The van der Waals surface area contributed by atoms with Crippen LogP contribution in [0.15, 0.2) is 24.3 Å². The number of ether oxygens (including phenoxy) is 1. The molecule has 2 N–H and O–H groups in total. The SMILES string of the molecule is CCCC/C=C\C/C=C\CCCCCCCC(=O)OC(CCCCCCC)CCCCCCC(=O)NCC(=O)O. The zero-order valence-electron chi connectivity index (χ0n) is 25.9. The van der Waals surface area contributed by atoms with Crippen LogP contribution in [0.2, 0.25) is 0 Å². The highest BCUT2D eigenvalue weighted by Gasteiger charge is 2.14. The third-order valence-electron chi connectivity index (χ3n) is 7.13. The van der Waals surface area contributed by atoms with E-state index in [1.807, 2.05) is 0 Å². The van der Waals surface area contributed by atoms with Gasteiger partial charge in [0.1, 0.15) is 12.6 Å². The van der Waals surface area contributed by atoms with Gasteiger partial charge in [-0.1, -0.05) is 109 Å². The molecule has 0 heterocycles. The van der Waals surface area contributed by atoms with Crippen molar-refractivity contribution in [1.29, 1.82) is 0 Å². The van der Waals surface area contributed by atoms with Gasteiger partial charge in [0.2, 0.25) is 5.91 Å². The number of esters is 1. The molecule has 0 aromatic carbocycles. The Morgan fingerprint density at radius 2 is 1.18 bits per heavy atom. The summed E-state index contributed by atoms with van der Waals surface area (Å²) in [6.45, 7) is 4.12. The number of aliphatic carboxylic acids is 1. The average molecular weight is 564 g/mol. The normalized spacial score (nSPS) is 12.2. The third kappa shape index (κ3) is 28.9. The van der Waals surface area contributed by atoms with E-state index in [1.54, 1.807) is 0 Å². The van der Waals surface area contributed by atoms with E-state index in [-0.39, 0.29) is 24.5 Å². The van der Waals surface area contributed by atoms with E-state index in [0.717, 1.165) is 70.6 Å². The second kappa shape index (κ2) is 29.9. The van der Waals surface area contributed by atoms with Crippen LogP contribution >= 0.6 is 0 Å². The van der Waals surface area contributed by atoms with Crippen LogP contribution in [-0.2, 0) is 19.1 Å². The Labute approximate surface area is 245 Å². The molecular weight excluding hydrogens is 502 g/mol. The van der Waals surface area contributed by atoms with Crippen LogP contribution in [0.4, 0.5) is 0 Å². The lowest BCUT2D eigenvalue weighted by atomic mass is 10.0. The van der Waals surface area contributed by atoms with E-state index in [9.17, 15) is 14.4 Å². The zero-order valence-corrected chi connectivity index (χ0v) is 25.9. The first kappa shape index (κ1) is 37.9. The molecule has 0 bridgehead atoms. The fourth-order valence-corrected chi connectivity index (χ4v) is 4.65. The summed E-state index contributed by atoms with van der Waals surface area (Å²) < 4.78 is 5.90. The average Bonchev–Trinajstić information content (AvgIpc) is 2.93. The fraction of sp³-hybridized carbons (Fsp3) is 0.794. The number of carboxylic acids is 1. The third-order valence-corrected chi connectivity index (χ3v) is 7.13. The highest BCUT2D eigenvalue weighted by molar-refractivity contribution is 5.80. The lowest BCUT2D eigenvalue weighted by Crippen LogP contribution is -2.28. The Bertz CT molecular complexity index is 673. The number of amides is 1. The van der Waals surface area contributed by atoms with Crippen molar-refractivity contribution < 1.29 is 24.2 Å². The number of rotatable bonds is 29. The minimum atomic E-state index is -1.02. The molecular formula is C34H61NO5. The van der Waals surface area contributed by atoms with E-state index in [1.165, 1.54) is 64.2 Å². The number of unbranched alkanes of at least 4 members (excludes halogenated alkanes) is 14. The number of nitrogens with one attached hydrogen (secondary N) is 1.